The topological polar surface area (TPSA) is 75.7 Å². The second-order valence-corrected chi connectivity index (χ2v) is 7.53. The normalized spacial score (nSPS) is 11.2. The summed E-state index contributed by atoms with van der Waals surface area (Å²) in [6, 6.07) is 13.8. The molecule has 0 aliphatic carbocycles. The Labute approximate surface area is 154 Å². The second kappa shape index (κ2) is 8.82. The minimum absolute atomic E-state index is 0.115. The smallest absolute Gasteiger partial charge is 0.240 e. The van der Waals surface area contributed by atoms with Crippen LogP contribution in [0.25, 0.3) is 0 Å². The zero-order valence-electron chi connectivity index (χ0n) is 15.2. The van der Waals surface area contributed by atoms with Crippen molar-refractivity contribution in [2.45, 2.75) is 25.2 Å². The quantitative estimate of drug-likeness (QED) is 0.768. The molecule has 1 N–H and O–H groups in total. The second-order valence-electron chi connectivity index (χ2n) is 5.76. The fourth-order valence-electron chi connectivity index (χ4n) is 2.51. The summed E-state index contributed by atoms with van der Waals surface area (Å²) in [4.78, 5) is 13.6. The van der Waals surface area contributed by atoms with Crippen molar-refractivity contribution < 1.29 is 17.9 Å². The van der Waals surface area contributed by atoms with Crippen LogP contribution >= 0.6 is 0 Å². The monoisotopic (exact) mass is 376 g/mol. The zero-order chi connectivity index (χ0) is 19.2. The number of anilines is 1. The van der Waals surface area contributed by atoms with E-state index in [4.69, 9.17) is 4.74 Å². The van der Waals surface area contributed by atoms with Crippen LogP contribution in [0, 0.1) is 0 Å². The summed E-state index contributed by atoms with van der Waals surface area (Å²) in [6.07, 6.45) is 0.919. The van der Waals surface area contributed by atoms with E-state index in [0.717, 1.165) is 12.1 Å². The fraction of sp³-hybridized carbons (Fsp3) is 0.316. The number of nitrogens with zero attached hydrogens (tertiary/aromatic N) is 1. The van der Waals surface area contributed by atoms with Crippen molar-refractivity contribution in [3.05, 3.63) is 54.1 Å². The van der Waals surface area contributed by atoms with E-state index < -0.39 is 10.0 Å². The lowest BCUT2D eigenvalue weighted by atomic mass is 10.1. The van der Waals surface area contributed by atoms with Crippen molar-refractivity contribution in [3.8, 4) is 5.75 Å². The highest BCUT2D eigenvalue weighted by Gasteiger charge is 2.16. The summed E-state index contributed by atoms with van der Waals surface area (Å²) in [7, 11) is -2.12. The fourth-order valence-corrected chi connectivity index (χ4v) is 3.53. The first-order valence-corrected chi connectivity index (χ1v) is 9.86. The summed E-state index contributed by atoms with van der Waals surface area (Å²) in [5, 5.41) is 0. The van der Waals surface area contributed by atoms with E-state index in [9.17, 15) is 13.2 Å². The number of aryl methyl sites for hydroxylation is 1. The lowest BCUT2D eigenvalue weighted by molar-refractivity contribution is -0.116. The summed E-state index contributed by atoms with van der Waals surface area (Å²) in [5.41, 5.74) is 1.93. The number of amides is 1. The number of rotatable bonds is 8. The van der Waals surface area contributed by atoms with Crippen LogP contribution in [0.4, 0.5) is 5.69 Å². The van der Waals surface area contributed by atoms with Gasteiger partial charge in [-0.1, -0.05) is 19.1 Å². The predicted octanol–water partition coefficient (Wildman–Crippen LogP) is 2.59. The molecule has 7 heteroatoms. The number of carbonyl (C=O) groups excluding carboxylic acids is 1. The Bertz CT molecular complexity index is 831. The molecule has 0 saturated heterocycles. The lowest BCUT2D eigenvalue weighted by Gasteiger charge is -2.21. The molecule has 0 fully saturated rings. The molecule has 0 aliphatic heterocycles. The number of sulfonamides is 1. The van der Waals surface area contributed by atoms with E-state index in [0.29, 0.717) is 5.75 Å². The first-order valence-electron chi connectivity index (χ1n) is 8.38. The van der Waals surface area contributed by atoms with Crippen LogP contribution < -0.4 is 14.4 Å². The maximum atomic E-state index is 12.3. The van der Waals surface area contributed by atoms with Crippen molar-refractivity contribution in [2.75, 3.05) is 25.1 Å². The Hall–Kier alpha value is -2.38. The number of hydrogen-bond acceptors (Lipinski definition) is 4. The molecule has 0 atom stereocenters. The van der Waals surface area contributed by atoms with E-state index in [1.54, 1.807) is 17.0 Å². The molecule has 2 rings (SSSR count). The molecule has 0 aliphatic rings. The highest BCUT2D eigenvalue weighted by Crippen LogP contribution is 2.17. The first kappa shape index (κ1) is 19.9. The third-order valence-electron chi connectivity index (χ3n) is 4.03. The molecule has 0 saturated carbocycles. The first-order chi connectivity index (χ1) is 12.4. The molecule has 6 nitrogen and oxygen atoms in total. The number of nitrogens with one attached hydrogen (secondary N) is 1. The van der Waals surface area contributed by atoms with Crippen LogP contribution in [0.15, 0.2) is 53.4 Å². The van der Waals surface area contributed by atoms with E-state index in [2.05, 4.69) is 11.6 Å². The van der Waals surface area contributed by atoms with Gasteiger partial charge in [0.1, 0.15) is 5.75 Å². The van der Waals surface area contributed by atoms with Crippen molar-refractivity contribution in [3.63, 3.8) is 0 Å². The summed E-state index contributed by atoms with van der Waals surface area (Å²) in [6.45, 7) is 3.89. The third kappa shape index (κ3) is 5.06. The standard InChI is InChI=1S/C19H24N2O4S/c1-4-16-5-7-17(8-6-16)21(15(2)22)14-13-20-26(23,24)19-11-9-18(25-3)10-12-19/h5-12,20H,4,13-14H2,1-3H3. The van der Waals surface area contributed by atoms with Gasteiger partial charge in [0.15, 0.2) is 0 Å². The van der Waals surface area contributed by atoms with Crippen LogP contribution in [0.2, 0.25) is 0 Å². The minimum atomic E-state index is -3.64. The number of methoxy groups -OCH3 is 1. The van der Waals surface area contributed by atoms with Gasteiger partial charge < -0.3 is 9.64 Å². The molecule has 0 unspecified atom stereocenters. The Morgan fingerprint density at radius 1 is 1.08 bits per heavy atom. The van der Waals surface area contributed by atoms with Crippen molar-refractivity contribution in [1.82, 2.24) is 4.72 Å². The number of ether oxygens (including phenoxy) is 1. The molecule has 26 heavy (non-hydrogen) atoms. The van der Waals surface area contributed by atoms with Gasteiger partial charge in [-0.25, -0.2) is 13.1 Å². The third-order valence-corrected chi connectivity index (χ3v) is 5.51. The Morgan fingerprint density at radius 3 is 2.19 bits per heavy atom. The van der Waals surface area contributed by atoms with Gasteiger partial charge >= 0.3 is 0 Å². The molecular weight excluding hydrogens is 352 g/mol. The molecular formula is C19H24N2O4S. The predicted molar refractivity (Wildman–Crippen MR) is 102 cm³/mol. The van der Waals surface area contributed by atoms with Gasteiger partial charge in [0.2, 0.25) is 15.9 Å². The summed E-state index contributed by atoms with van der Waals surface area (Å²) < 4.78 is 32.3. The zero-order valence-corrected chi connectivity index (χ0v) is 16.0. The molecule has 0 spiro atoms. The van der Waals surface area contributed by atoms with Gasteiger partial charge in [-0.3, -0.25) is 4.79 Å². The number of hydrogen-bond donors (Lipinski definition) is 1. The highest BCUT2D eigenvalue weighted by molar-refractivity contribution is 7.89. The SMILES string of the molecule is CCc1ccc(N(CCNS(=O)(=O)c2ccc(OC)cc2)C(C)=O)cc1. The molecule has 140 valence electrons. The van der Waals surface area contributed by atoms with Gasteiger partial charge in [0.05, 0.1) is 12.0 Å². The largest absolute Gasteiger partial charge is 0.497 e. The average Bonchev–Trinajstić information content (AvgIpc) is 2.65. The molecule has 0 aromatic heterocycles. The maximum Gasteiger partial charge on any atom is 0.240 e. The Kier molecular flexibility index (Phi) is 6.76. The molecule has 0 bridgehead atoms. The Morgan fingerprint density at radius 2 is 1.69 bits per heavy atom. The number of carbonyl (C=O) groups is 1. The van der Waals surface area contributed by atoms with Crippen molar-refractivity contribution in [2.24, 2.45) is 0 Å². The lowest BCUT2D eigenvalue weighted by Crippen LogP contribution is -2.37. The van der Waals surface area contributed by atoms with E-state index in [1.165, 1.54) is 31.7 Å². The summed E-state index contributed by atoms with van der Waals surface area (Å²) in [5.74, 6) is 0.445. The van der Waals surface area contributed by atoms with E-state index in [-0.39, 0.29) is 23.9 Å². The van der Waals surface area contributed by atoms with Crippen LogP contribution in [0.3, 0.4) is 0 Å². The minimum Gasteiger partial charge on any atom is -0.497 e. The van der Waals surface area contributed by atoms with Crippen molar-refractivity contribution >= 4 is 21.6 Å². The van der Waals surface area contributed by atoms with Crippen LogP contribution in [0.1, 0.15) is 19.4 Å². The summed E-state index contributed by atoms with van der Waals surface area (Å²) >= 11 is 0. The van der Waals surface area contributed by atoms with Gasteiger partial charge in [-0.2, -0.15) is 0 Å². The highest BCUT2D eigenvalue weighted by atomic mass is 32.2. The van der Waals surface area contributed by atoms with Gasteiger partial charge in [0.25, 0.3) is 0 Å². The van der Waals surface area contributed by atoms with E-state index >= 15 is 0 Å². The van der Waals surface area contributed by atoms with Gasteiger partial charge in [0, 0.05) is 25.7 Å². The Balaban J connectivity index is 2.03. The average molecular weight is 376 g/mol. The van der Waals surface area contributed by atoms with E-state index in [1.807, 2.05) is 24.3 Å². The van der Waals surface area contributed by atoms with Crippen molar-refractivity contribution in [1.29, 1.82) is 0 Å². The maximum absolute atomic E-state index is 12.3. The molecule has 2 aromatic rings. The van der Waals surface area contributed by atoms with Crippen LogP contribution in [-0.4, -0.2) is 34.5 Å². The van der Waals surface area contributed by atoms with Crippen LogP contribution in [-0.2, 0) is 21.2 Å². The molecule has 0 radical (unpaired) electrons. The number of benzene rings is 2. The van der Waals surface area contributed by atoms with Gasteiger partial charge in [-0.15, -0.1) is 0 Å². The molecule has 1 amide bonds. The van der Waals surface area contributed by atoms with Crippen LogP contribution in [0.5, 0.6) is 5.75 Å². The molecule has 2 aromatic carbocycles. The van der Waals surface area contributed by atoms with Gasteiger partial charge in [-0.05, 0) is 48.4 Å². The molecule has 0 heterocycles.